The Labute approximate surface area is 167 Å². The van der Waals surface area contributed by atoms with Crippen LogP contribution in [-0.4, -0.2) is 36.5 Å². The van der Waals surface area contributed by atoms with Crippen LogP contribution in [0.3, 0.4) is 0 Å². The van der Waals surface area contributed by atoms with Crippen LogP contribution in [0.15, 0.2) is 54.6 Å². The third-order valence-corrected chi connectivity index (χ3v) is 4.56. The monoisotopic (exact) mass is 383 g/mol. The van der Waals surface area contributed by atoms with Gasteiger partial charge in [-0.2, -0.15) is 0 Å². The number of benzene rings is 2. The van der Waals surface area contributed by atoms with Gasteiger partial charge in [0, 0.05) is 12.1 Å². The van der Waals surface area contributed by atoms with Crippen molar-refractivity contribution in [2.45, 2.75) is 39.8 Å². The fraction of sp³-hybridized carbons (Fsp3) is 0.391. The molecule has 2 aromatic rings. The van der Waals surface area contributed by atoms with E-state index in [1.807, 2.05) is 51.1 Å². The molecule has 0 aliphatic rings. The molecule has 0 fully saturated rings. The Balaban J connectivity index is 2.29. The zero-order valence-corrected chi connectivity index (χ0v) is 17.2. The maximum Gasteiger partial charge on any atom is 0.310 e. The molecule has 0 saturated heterocycles. The van der Waals surface area contributed by atoms with Gasteiger partial charge in [0.25, 0.3) is 5.91 Å². The molecule has 0 N–H and O–H groups in total. The van der Waals surface area contributed by atoms with Crippen LogP contribution in [0.2, 0.25) is 0 Å². The molecular formula is C23H29NO4. The molecule has 2 atom stereocenters. The first kappa shape index (κ1) is 21.5. The molecule has 0 aliphatic carbocycles. The number of rotatable bonds is 8. The fourth-order valence-corrected chi connectivity index (χ4v) is 3.01. The summed E-state index contributed by atoms with van der Waals surface area (Å²) in [6.45, 7) is 7.91. The van der Waals surface area contributed by atoms with Crippen LogP contribution < -0.4 is 4.74 Å². The average Bonchev–Trinajstić information content (AvgIpc) is 2.71. The molecule has 1 amide bonds. The normalized spacial score (nSPS) is 12.9. The van der Waals surface area contributed by atoms with Crippen LogP contribution in [0.25, 0.3) is 0 Å². The zero-order chi connectivity index (χ0) is 20.7. The van der Waals surface area contributed by atoms with Gasteiger partial charge in [0.15, 0.2) is 0 Å². The van der Waals surface area contributed by atoms with Crippen molar-refractivity contribution in [3.63, 3.8) is 0 Å². The quantitative estimate of drug-likeness (QED) is 0.631. The van der Waals surface area contributed by atoms with E-state index in [2.05, 4.69) is 0 Å². The number of ether oxygens (including phenoxy) is 2. The predicted octanol–water partition coefficient (Wildman–Crippen LogP) is 4.49. The minimum atomic E-state index is -0.427. The molecular weight excluding hydrogens is 354 g/mol. The van der Waals surface area contributed by atoms with Gasteiger partial charge in [0.05, 0.1) is 25.2 Å². The Bertz CT molecular complexity index is 771. The van der Waals surface area contributed by atoms with Gasteiger partial charge in [0.1, 0.15) is 5.75 Å². The van der Waals surface area contributed by atoms with Gasteiger partial charge in [-0.25, -0.2) is 0 Å². The van der Waals surface area contributed by atoms with Gasteiger partial charge in [-0.3, -0.25) is 9.59 Å². The minimum Gasteiger partial charge on any atom is -0.491 e. The number of hydrogen-bond donors (Lipinski definition) is 0. The van der Waals surface area contributed by atoms with Crippen molar-refractivity contribution in [2.75, 3.05) is 13.7 Å². The number of hydrogen-bond acceptors (Lipinski definition) is 4. The van der Waals surface area contributed by atoms with Crippen molar-refractivity contribution < 1.29 is 19.1 Å². The van der Waals surface area contributed by atoms with Crippen molar-refractivity contribution >= 4 is 11.9 Å². The molecule has 0 saturated carbocycles. The molecule has 0 bridgehead atoms. The van der Waals surface area contributed by atoms with E-state index < -0.39 is 5.92 Å². The third-order valence-electron chi connectivity index (χ3n) is 4.56. The van der Waals surface area contributed by atoms with E-state index in [0.717, 1.165) is 11.3 Å². The van der Waals surface area contributed by atoms with Gasteiger partial charge in [0.2, 0.25) is 0 Å². The smallest absolute Gasteiger partial charge is 0.310 e. The standard InChI is InChI=1S/C23H29NO4/c1-16(2)28-21-13-11-20(12-14-21)22(25)24(15-17(3)23(26)27-5)18(4)19-9-7-6-8-10-19/h6-14,16-18H,15H2,1-5H3. The second-order valence-corrected chi connectivity index (χ2v) is 7.16. The highest BCUT2D eigenvalue weighted by molar-refractivity contribution is 5.95. The second kappa shape index (κ2) is 9.93. The topological polar surface area (TPSA) is 55.8 Å². The zero-order valence-electron chi connectivity index (χ0n) is 17.2. The largest absolute Gasteiger partial charge is 0.491 e. The fourth-order valence-electron chi connectivity index (χ4n) is 3.01. The number of nitrogens with zero attached hydrogens (tertiary/aromatic N) is 1. The molecule has 28 heavy (non-hydrogen) atoms. The van der Waals surface area contributed by atoms with Crippen LogP contribution in [-0.2, 0) is 9.53 Å². The Morgan fingerprint density at radius 1 is 0.929 bits per heavy atom. The third kappa shape index (κ3) is 5.59. The Morgan fingerprint density at radius 2 is 1.54 bits per heavy atom. The van der Waals surface area contributed by atoms with Crippen LogP contribution in [0.4, 0.5) is 0 Å². The minimum absolute atomic E-state index is 0.0667. The molecule has 0 aromatic heterocycles. The van der Waals surface area contributed by atoms with Crippen LogP contribution in [0, 0.1) is 5.92 Å². The summed E-state index contributed by atoms with van der Waals surface area (Å²) in [4.78, 5) is 26.9. The van der Waals surface area contributed by atoms with Gasteiger partial charge in [-0.15, -0.1) is 0 Å². The summed E-state index contributed by atoms with van der Waals surface area (Å²) < 4.78 is 10.5. The molecule has 2 unspecified atom stereocenters. The summed E-state index contributed by atoms with van der Waals surface area (Å²) in [7, 11) is 1.36. The highest BCUT2D eigenvalue weighted by atomic mass is 16.5. The highest BCUT2D eigenvalue weighted by Crippen LogP contribution is 2.25. The van der Waals surface area contributed by atoms with E-state index in [9.17, 15) is 9.59 Å². The summed E-state index contributed by atoms with van der Waals surface area (Å²) in [6, 6.07) is 16.7. The lowest BCUT2D eigenvalue weighted by Gasteiger charge is -2.31. The lowest BCUT2D eigenvalue weighted by molar-refractivity contribution is -0.145. The molecule has 0 radical (unpaired) electrons. The van der Waals surface area contributed by atoms with E-state index in [1.165, 1.54) is 7.11 Å². The Kier molecular flexibility index (Phi) is 7.61. The van der Waals surface area contributed by atoms with E-state index in [1.54, 1.807) is 36.1 Å². The molecule has 0 spiro atoms. The first-order valence-electron chi connectivity index (χ1n) is 9.54. The first-order valence-corrected chi connectivity index (χ1v) is 9.54. The summed E-state index contributed by atoms with van der Waals surface area (Å²) in [5.41, 5.74) is 1.56. The maximum atomic E-state index is 13.3. The lowest BCUT2D eigenvalue weighted by Crippen LogP contribution is -2.39. The van der Waals surface area contributed by atoms with E-state index in [-0.39, 0.29) is 30.6 Å². The Morgan fingerprint density at radius 3 is 2.07 bits per heavy atom. The maximum absolute atomic E-state index is 13.3. The van der Waals surface area contributed by atoms with Crippen molar-refractivity contribution in [3.8, 4) is 5.75 Å². The number of esters is 1. The molecule has 5 nitrogen and oxygen atoms in total. The molecule has 5 heteroatoms. The van der Waals surface area contributed by atoms with E-state index >= 15 is 0 Å². The van der Waals surface area contributed by atoms with Gasteiger partial charge in [-0.1, -0.05) is 37.3 Å². The van der Waals surface area contributed by atoms with Crippen LogP contribution in [0.5, 0.6) is 5.75 Å². The van der Waals surface area contributed by atoms with Gasteiger partial charge in [-0.05, 0) is 50.6 Å². The molecule has 150 valence electrons. The summed E-state index contributed by atoms with van der Waals surface area (Å²) >= 11 is 0. The predicted molar refractivity (Wildman–Crippen MR) is 109 cm³/mol. The van der Waals surface area contributed by atoms with Crippen molar-refractivity contribution in [3.05, 3.63) is 65.7 Å². The number of carbonyl (C=O) groups excluding carboxylic acids is 2. The average molecular weight is 383 g/mol. The van der Waals surface area contributed by atoms with Gasteiger partial charge >= 0.3 is 5.97 Å². The number of methoxy groups -OCH3 is 1. The van der Waals surface area contributed by atoms with Crippen molar-refractivity contribution in [1.29, 1.82) is 0 Å². The van der Waals surface area contributed by atoms with Crippen molar-refractivity contribution in [2.24, 2.45) is 5.92 Å². The molecule has 2 rings (SSSR count). The summed E-state index contributed by atoms with van der Waals surface area (Å²) in [5.74, 6) is -0.178. The summed E-state index contributed by atoms with van der Waals surface area (Å²) in [5, 5.41) is 0. The lowest BCUT2D eigenvalue weighted by atomic mass is 10.0. The SMILES string of the molecule is COC(=O)C(C)CN(C(=O)c1ccc(OC(C)C)cc1)C(C)c1ccccc1. The summed E-state index contributed by atoms with van der Waals surface area (Å²) in [6.07, 6.45) is 0.0667. The van der Waals surface area contributed by atoms with E-state index in [0.29, 0.717) is 5.56 Å². The Hall–Kier alpha value is -2.82. The van der Waals surface area contributed by atoms with E-state index in [4.69, 9.17) is 9.47 Å². The number of amides is 1. The van der Waals surface area contributed by atoms with Gasteiger partial charge < -0.3 is 14.4 Å². The second-order valence-electron chi connectivity index (χ2n) is 7.16. The van der Waals surface area contributed by atoms with Crippen molar-refractivity contribution in [1.82, 2.24) is 4.90 Å². The highest BCUT2D eigenvalue weighted by Gasteiger charge is 2.27. The molecule has 0 heterocycles. The first-order chi connectivity index (χ1) is 13.3. The molecule has 2 aromatic carbocycles. The van der Waals surface area contributed by atoms with Crippen LogP contribution >= 0.6 is 0 Å². The number of carbonyl (C=O) groups is 2. The molecule has 0 aliphatic heterocycles. The van der Waals surface area contributed by atoms with Crippen LogP contribution in [0.1, 0.15) is 49.7 Å².